The predicted molar refractivity (Wildman–Crippen MR) is 137 cm³/mol. The van der Waals surface area contributed by atoms with Crippen LogP contribution in [0, 0.1) is 6.92 Å². The standard InChI is InChI=1S/C28H31N5O/c1-19-15-23(28(2,3)4)26(30-17-19)27-31-18-25(32-27)21-9-10-29-24(16-21)20-5-7-22(8-6-20)33-11-13-34-14-12-33/h5-10,15-18H,11-14H2,1-4H3,(H,31,32). The van der Waals surface area contributed by atoms with Crippen molar-refractivity contribution in [2.45, 2.75) is 33.1 Å². The van der Waals surface area contributed by atoms with Gasteiger partial charge < -0.3 is 14.6 Å². The molecule has 4 heterocycles. The van der Waals surface area contributed by atoms with E-state index in [0.29, 0.717) is 0 Å². The summed E-state index contributed by atoms with van der Waals surface area (Å²) >= 11 is 0. The van der Waals surface area contributed by atoms with Crippen LogP contribution in [0.1, 0.15) is 31.9 Å². The molecule has 0 radical (unpaired) electrons. The summed E-state index contributed by atoms with van der Waals surface area (Å²) in [4.78, 5) is 19.9. The van der Waals surface area contributed by atoms with E-state index in [1.807, 2.05) is 24.7 Å². The van der Waals surface area contributed by atoms with Gasteiger partial charge in [-0.25, -0.2) is 4.98 Å². The molecule has 4 aromatic rings. The van der Waals surface area contributed by atoms with Gasteiger partial charge in [0.2, 0.25) is 0 Å². The normalized spacial score (nSPS) is 14.4. The number of H-pyrrole nitrogens is 1. The summed E-state index contributed by atoms with van der Waals surface area (Å²) in [5.41, 5.74) is 8.46. The number of hydrogen-bond acceptors (Lipinski definition) is 5. The molecule has 1 aliphatic heterocycles. The van der Waals surface area contributed by atoms with Crippen molar-refractivity contribution in [1.29, 1.82) is 0 Å². The second-order valence-electron chi connectivity index (χ2n) is 9.88. The van der Waals surface area contributed by atoms with E-state index in [1.165, 1.54) is 11.3 Å². The largest absolute Gasteiger partial charge is 0.378 e. The van der Waals surface area contributed by atoms with Crippen LogP contribution in [0.2, 0.25) is 0 Å². The summed E-state index contributed by atoms with van der Waals surface area (Å²) in [6, 6.07) is 14.9. The smallest absolute Gasteiger partial charge is 0.156 e. The maximum atomic E-state index is 5.46. The Morgan fingerprint density at radius 2 is 1.65 bits per heavy atom. The first-order chi connectivity index (χ1) is 16.4. The molecule has 1 fully saturated rings. The SMILES string of the molecule is Cc1cnc(-c2ncc(-c3ccnc(-c4ccc(N5CCOCC5)cc4)c3)[nH]2)c(C(C)(C)C)c1. The van der Waals surface area contributed by atoms with E-state index >= 15 is 0 Å². The van der Waals surface area contributed by atoms with Crippen molar-refractivity contribution in [3.8, 4) is 34.0 Å². The third-order valence-electron chi connectivity index (χ3n) is 6.24. The van der Waals surface area contributed by atoms with E-state index in [-0.39, 0.29) is 5.41 Å². The van der Waals surface area contributed by atoms with Gasteiger partial charge in [-0.2, -0.15) is 0 Å². The quantitative estimate of drug-likeness (QED) is 0.433. The molecule has 6 nitrogen and oxygen atoms in total. The Labute approximate surface area is 201 Å². The van der Waals surface area contributed by atoms with Crippen LogP contribution < -0.4 is 4.90 Å². The van der Waals surface area contributed by atoms with Gasteiger partial charge in [-0.1, -0.05) is 39.0 Å². The summed E-state index contributed by atoms with van der Waals surface area (Å²) in [5.74, 6) is 0.785. The third-order valence-corrected chi connectivity index (χ3v) is 6.24. The molecule has 1 aromatic carbocycles. The molecule has 0 unspecified atom stereocenters. The number of aromatic nitrogens is 4. The zero-order valence-electron chi connectivity index (χ0n) is 20.3. The molecule has 0 atom stereocenters. The number of aromatic amines is 1. The molecule has 34 heavy (non-hydrogen) atoms. The minimum absolute atomic E-state index is 0.0292. The second-order valence-corrected chi connectivity index (χ2v) is 9.88. The number of imidazole rings is 1. The third kappa shape index (κ3) is 4.59. The topological polar surface area (TPSA) is 66.9 Å². The zero-order valence-corrected chi connectivity index (χ0v) is 20.3. The lowest BCUT2D eigenvalue weighted by atomic mass is 9.85. The number of aryl methyl sites for hydroxylation is 1. The minimum atomic E-state index is -0.0292. The summed E-state index contributed by atoms with van der Waals surface area (Å²) < 4.78 is 5.46. The summed E-state index contributed by atoms with van der Waals surface area (Å²) in [6.45, 7) is 12.1. The van der Waals surface area contributed by atoms with Crippen LogP contribution in [-0.4, -0.2) is 46.2 Å². The lowest BCUT2D eigenvalue weighted by Gasteiger charge is -2.28. The Bertz CT molecular complexity index is 1280. The van der Waals surface area contributed by atoms with Gasteiger partial charge in [0, 0.05) is 42.3 Å². The predicted octanol–water partition coefficient (Wildman–Crippen LogP) is 5.64. The molecule has 6 heteroatoms. The molecule has 0 amide bonds. The van der Waals surface area contributed by atoms with Crippen molar-refractivity contribution >= 4 is 5.69 Å². The van der Waals surface area contributed by atoms with Gasteiger partial charge in [0.15, 0.2) is 5.82 Å². The van der Waals surface area contributed by atoms with Gasteiger partial charge in [-0.3, -0.25) is 9.97 Å². The van der Waals surface area contributed by atoms with Crippen molar-refractivity contribution in [1.82, 2.24) is 19.9 Å². The molecule has 174 valence electrons. The van der Waals surface area contributed by atoms with Gasteiger partial charge >= 0.3 is 0 Å². The first-order valence-electron chi connectivity index (χ1n) is 11.8. The highest BCUT2D eigenvalue weighted by atomic mass is 16.5. The molecule has 3 aromatic heterocycles. The number of rotatable bonds is 4. The summed E-state index contributed by atoms with van der Waals surface area (Å²) in [6.07, 6.45) is 5.63. The van der Waals surface area contributed by atoms with E-state index in [9.17, 15) is 0 Å². The lowest BCUT2D eigenvalue weighted by Crippen LogP contribution is -2.36. The van der Waals surface area contributed by atoms with Crippen molar-refractivity contribution in [3.63, 3.8) is 0 Å². The minimum Gasteiger partial charge on any atom is -0.378 e. The molecule has 0 saturated carbocycles. The fraction of sp³-hybridized carbons (Fsp3) is 0.321. The highest BCUT2D eigenvalue weighted by Gasteiger charge is 2.22. The highest BCUT2D eigenvalue weighted by Crippen LogP contribution is 2.32. The molecule has 0 bridgehead atoms. The van der Waals surface area contributed by atoms with Crippen LogP contribution >= 0.6 is 0 Å². The maximum absolute atomic E-state index is 5.46. The average molecular weight is 454 g/mol. The number of pyridine rings is 2. The Kier molecular flexibility index (Phi) is 5.92. The van der Waals surface area contributed by atoms with Gasteiger partial charge in [-0.05, 0) is 47.7 Å². The van der Waals surface area contributed by atoms with Crippen LogP contribution in [0.3, 0.4) is 0 Å². The Morgan fingerprint density at radius 3 is 2.38 bits per heavy atom. The van der Waals surface area contributed by atoms with Crippen LogP contribution in [0.15, 0.2) is 61.1 Å². The molecular formula is C28H31N5O. The summed E-state index contributed by atoms with van der Waals surface area (Å²) in [7, 11) is 0. The molecule has 0 spiro atoms. The van der Waals surface area contributed by atoms with E-state index < -0.39 is 0 Å². The molecule has 1 aliphatic rings. The zero-order chi connectivity index (χ0) is 23.7. The van der Waals surface area contributed by atoms with Crippen LogP contribution in [0.25, 0.3) is 34.0 Å². The van der Waals surface area contributed by atoms with Gasteiger partial charge in [0.25, 0.3) is 0 Å². The highest BCUT2D eigenvalue weighted by molar-refractivity contribution is 5.71. The monoisotopic (exact) mass is 453 g/mol. The molecule has 1 N–H and O–H groups in total. The van der Waals surface area contributed by atoms with Gasteiger partial charge in [0.1, 0.15) is 5.69 Å². The number of nitrogens with one attached hydrogen (secondary N) is 1. The average Bonchev–Trinajstić information content (AvgIpc) is 3.34. The van der Waals surface area contributed by atoms with Gasteiger partial charge in [0.05, 0.1) is 30.8 Å². The summed E-state index contributed by atoms with van der Waals surface area (Å²) in [5, 5.41) is 0. The number of ether oxygens (including phenoxy) is 1. The number of benzene rings is 1. The van der Waals surface area contributed by atoms with E-state index in [2.05, 4.69) is 83.9 Å². The number of hydrogen-bond donors (Lipinski definition) is 1. The fourth-order valence-electron chi connectivity index (χ4n) is 4.34. The first-order valence-corrected chi connectivity index (χ1v) is 11.8. The first kappa shape index (κ1) is 22.3. The Balaban J connectivity index is 1.42. The van der Waals surface area contributed by atoms with Crippen molar-refractivity contribution in [2.75, 3.05) is 31.2 Å². The molecule has 1 saturated heterocycles. The van der Waals surface area contributed by atoms with E-state index in [0.717, 1.165) is 65.9 Å². The van der Waals surface area contributed by atoms with Crippen LogP contribution in [0.4, 0.5) is 5.69 Å². The number of anilines is 1. The number of nitrogens with zero attached hydrogens (tertiary/aromatic N) is 4. The second kappa shape index (κ2) is 9.03. The van der Waals surface area contributed by atoms with Crippen molar-refractivity contribution in [3.05, 3.63) is 72.2 Å². The van der Waals surface area contributed by atoms with Gasteiger partial charge in [-0.15, -0.1) is 0 Å². The van der Waals surface area contributed by atoms with Crippen molar-refractivity contribution < 1.29 is 4.74 Å². The Morgan fingerprint density at radius 1 is 0.882 bits per heavy atom. The van der Waals surface area contributed by atoms with E-state index in [1.54, 1.807) is 0 Å². The lowest BCUT2D eigenvalue weighted by molar-refractivity contribution is 0.122. The van der Waals surface area contributed by atoms with E-state index in [4.69, 9.17) is 9.72 Å². The van der Waals surface area contributed by atoms with Crippen molar-refractivity contribution in [2.24, 2.45) is 0 Å². The van der Waals surface area contributed by atoms with Crippen LogP contribution in [-0.2, 0) is 10.2 Å². The molecule has 0 aliphatic carbocycles. The Hall–Kier alpha value is -3.51. The maximum Gasteiger partial charge on any atom is 0.156 e. The fourth-order valence-corrected chi connectivity index (χ4v) is 4.34. The number of morpholine rings is 1. The molecule has 5 rings (SSSR count). The van der Waals surface area contributed by atoms with Crippen LogP contribution in [0.5, 0.6) is 0 Å². The molecular weight excluding hydrogens is 422 g/mol.